The average molecular weight is 258 g/mol. The second-order valence-corrected chi connectivity index (χ2v) is 3.35. The second-order valence-electron chi connectivity index (χ2n) is 3.35. The van der Waals surface area contributed by atoms with Gasteiger partial charge in [-0.2, -0.15) is 0 Å². The summed E-state index contributed by atoms with van der Waals surface area (Å²) in [5.74, 6) is -0.609. The topological polar surface area (TPSA) is 84.2 Å². The maximum absolute atomic E-state index is 11.4. The Balaban J connectivity index is 0.00000256. The lowest BCUT2D eigenvalue weighted by atomic mass is 10.2. The highest BCUT2D eigenvalue weighted by Gasteiger charge is 2.04. The van der Waals surface area contributed by atoms with Gasteiger partial charge in [0.25, 0.3) is 0 Å². The number of rotatable bonds is 5. The minimum absolute atomic E-state index is 0. The Bertz CT molecular complexity index is 396. The summed E-state index contributed by atoms with van der Waals surface area (Å²) in [6.07, 6.45) is 0.386. The SMILES string of the molecule is CNCCC(=O)Nc1cccc(C(N)=O)c1.Cl. The van der Waals surface area contributed by atoms with Crippen molar-refractivity contribution in [2.75, 3.05) is 18.9 Å². The Kier molecular flexibility index (Phi) is 6.93. The van der Waals surface area contributed by atoms with E-state index in [0.717, 1.165) is 0 Å². The number of amides is 2. The van der Waals surface area contributed by atoms with Crippen LogP contribution in [0, 0.1) is 0 Å². The zero-order chi connectivity index (χ0) is 12.0. The number of benzene rings is 1. The highest BCUT2D eigenvalue weighted by molar-refractivity contribution is 5.96. The number of anilines is 1. The highest BCUT2D eigenvalue weighted by atomic mass is 35.5. The summed E-state index contributed by atoms with van der Waals surface area (Å²) in [4.78, 5) is 22.3. The predicted molar refractivity (Wildman–Crippen MR) is 69.4 cm³/mol. The van der Waals surface area contributed by atoms with Gasteiger partial charge in [-0.3, -0.25) is 9.59 Å². The molecule has 1 aromatic rings. The first-order valence-electron chi connectivity index (χ1n) is 4.98. The maximum atomic E-state index is 11.4. The van der Waals surface area contributed by atoms with Crippen molar-refractivity contribution < 1.29 is 9.59 Å². The smallest absolute Gasteiger partial charge is 0.248 e. The van der Waals surface area contributed by atoms with Crippen molar-refractivity contribution >= 4 is 29.9 Å². The molecule has 0 spiro atoms. The molecule has 1 rings (SSSR count). The largest absolute Gasteiger partial charge is 0.366 e. The van der Waals surface area contributed by atoms with E-state index in [4.69, 9.17) is 5.73 Å². The van der Waals surface area contributed by atoms with Crippen LogP contribution in [0.5, 0.6) is 0 Å². The van der Waals surface area contributed by atoms with Crippen LogP contribution in [-0.4, -0.2) is 25.4 Å². The summed E-state index contributed by atoms with van der Waals surface area (Å²) in [6.45, 7) is 0.612. The number of hydrogen-bond donors (Lipinski definition) is 3. The molecule has 0 aliphatic rings. The normalized spacial score (nSPS) is 9.24. The molecule has 17 heavy (non-hydrogen) atoms. The molecular weight excluding hydrogens is 242 g/mol. The van der Waals surface area contributed by atoms with Gasteiger partial charge in [0.15, 0.2) is 0 Å². The third-order valence-corrected chi connectivity index (χ3v) is 2.03. The van der Waals surface area contributed by atoms with Crippen molar-refractivity contribution in [1.29, 1.82) is 0 Å². The molecule has 0 fully saturated rings. The number of carbonyl (C=O) groups is 2. The minimum atomic E-state index is -0.508. The van der Waals surface area contributed by atoms with Gasteiger partial charge in [0.1, 0.15) is 0 Å². The number of carbonyl (C=O) groups excluding carboxylic acids is 2. The molecule has 0 bridgehead atoms. The lowest BCUT2D eigenvalue weighted by Crippen LogP contribution is -2.19. The van der Waals surface area contributed by atoms with Crippen molar-refractivity contribution in [3.63, 3.8) is 0 Å². The molecule has 0 heterocycles. The van der Waals surface area contributed by atoms with Crippen molar-refractivity contribution in [3.8, 4) is 0 Å². The van der Waals surface area contributed by atoms with E-state index in [2.05, 4.69) is 10.6 Å². The van der Waals surface area contributed by atoms with Crippen molar-refractivity contribution in [3.05, 3.63) is 29.8 Å². The summed E-state index contributed by atoms with van der Waals surface area (Å²) >= 11 is 0. The van der Waals surface area contributed by atoms with Crippen LogP contribution in [0.25, 0.3) is 0 Å². The van der Waals surface area contributed by atoms with Crippen LogP contribution in [0.1, 0.15) is 16.8 Å². The summed E-state index contributed by atoms with van der Waals surface area (Å²) < 4.78 is 0. The number of primary amides is 1. The molecule has 0 atom stereocenters. The van der Waals surface area contributed by atoms with Gasteiger partial charge in [-0.15, -0.1) is 12.4 Å². The number of halogens is 1. The quantitative estimate of drug-likeness (QED) is 0.728. The first kappa shape index (κ1) is 15.4. The number of nitrogens with two attached hydrogens (primary N) is 1. The Morgan fingerprint density at radius 3 is 2.65 bits per heavy atom. The van der Waals surface area contributed by atoms with Crippen LogP contribution >= 0.6 is 12.4 Å². The average Bonchev–Trinajstić information content (AvgIpc) is 2.26. The first-order valence-corrected chi connectivity index (χ1v) is 4.98. The van der Waals surface area contributed by atoms with Crippen LogP contribution in [0.15, 0.2) is 24.3 Å². The van der Waals surface area contributed by atoms with Gasteiger partial charge in [0.05, 0.1) is 0 Å². The fourth-order valence-electron chi connectivity index (χ4n) is 1.21. The van der Waals surface area contributed by atoms with E-state index in [9.17, 15) is 9.59 Å². The number of hydrogen-bond acceptors (Lipinski definition) is 3. The molecule has 0 radical (unpaired) electrons. The molecule has 0 aromatic heterocycles. The molecule has 0 unspecified atom stereocenters. The van der Waals surface area contributed by atoms with E-state index in [1.54, 1.807) is 31.3 Å². The van der Waals surface area contributed by atoms with Crippen LogP contribution in [0.4, 0.5) is 5.69 Å². The Hall–Kier alpha value is -1.59. The van der Waals surface area contributed by atoms with Gasteiger partial charge in [-0.1, -0.05) is 6.07 Å². The van der Waals surface area contributed by atoms with Crippen molar-refractivity contribution in [1.82, 2.24) is 5.32 Å². The Morgan fingerprint density at radius 1 is 1.35 bits per heavy atom. The predicted octanol–water partition coefficient (Wildman–Crippen LogP) is 0.755. The van der Waals surface area contributed by atoms with Crippen LogP contribution in [-0.2, 0) is 4.79 Å². The first-order chi connectivity index (χ1) is 7.63. The fourth-order valence-corrected chi connectivity index (χ4v) is 1.21. The molecule has 6 heteroatoms. The van der Waals surface area contributed by atoms with E-state index < -0.39 is 5.91 Å². The second kappa shape index (κ2) is 7.65. The van der Waals surface area contributed by atoms with Gasteiger partial charge < -0.3 is 16.4 Å². The molecule has 1 aromatic carbocycles. The molecule has 0 saturated carbocycles. The molecule has 0 aliphatic carbocycles. The van der Waals surface area contributed by atoms with E-state index >= 15 is 0 Å². The van der Waals surface area contributed by atoms with Crippen molar-refractivity contribution in [2.24, 2.45) is 5.73 Å². The van der Waals surface area contributed by atoms with Gasteiger partial charge in [0.2, 0.25) is 11.8 Å². The highest BCUT2D eigenvalue weighted by Crippen LogP contribution is 2.10. The standard InChI is InChI=1S/C11H15N3O2.ClH/c1-13-6-5-10(15)14-9-4-2-3-8(7-9)11(12)16;/h2-4,7,13H,5-6H2,1H3,(H2,12,16)(H,14,15);1H. The molecule has 0 saturated heterocycles. The van der Waals surface area contributed by atoms with Crippen LogP contribution in [0.3, 0.4) is 0 Å². The fraction of sp³-hybridized carbons (Fsp3) is 0.273. The summed E-state index contributed by atoms with van der Waals surface area (Å²) in [6, 6.07) is 6.54. The van der Waals surface area contributed by atoms with Gasteiger partial charge >= 0.3 is 0 Å². The molecule has 4 N–H and O–H groups in total. The van der Waals surface area contributed by atoms with E-state index in [0.29, 0.717) is 24.2 Å². The summed E-state index contributed by atoms with van der Waals surface area (Å²) in [7, 11) is 1.78. The van der Waals surface area contributed by atoms with Crippen LogP contribution in [0.2, 0.25) is 0 Å². The summed E-state index contributed by atoms with van der Waals surface area (Å²) in [5.41, 5.74) is 6.09. The van der Waals surface area contributed by atoms with Gasteiger partial charge in [-0.25, -0.2) is 0 Å². The minimum Gasteiger partial charge on any atom is -0.366 e. The van der Waals surface area contributed by atoms with E-state index in [1.807, 2.05) is 0 Å². The maximum Gasteiger partial charge on any atom is 0.248 e. The zero-order valence-corrected chi connectivity index (χ0v) is 10.3. The Morgan fingerprint density at radius 2 is 2.06 bits per heavy atom. The summed E-state index contributed by atoms with van der Waals surface area (Å²) in [5, 5.41) is 5.56. The number of nitrogens with one attached hydrogen (secondary N) is 2. The molecule has 2 amide bonds. The van der Waals surface area contributed by atoms with E-state index in [-0.39, 0.29) is 18.3 Å². The lowest BCUT2D eigenvalue weighted by molar-refractivity contribution is -0.116. The van der Waals surface area contributed by atoms with E-state index in [1.165, 1.54) is 0 Å². The molecular formula is C11H16ClN3O2. The molecule has 0 aliphatic heterocycles. The third-order valence-electron chi connectivity index (χ3n) is 2.03. The molecule has 5 nitrogen and oxygen atoms in total. The zero-order valence-electron chi connectivity index (χ0n) is 9.53. The Labute approximate surface area is 106 Å². The third kappa shape index (κ3) is 5.33. The van der Waals surface area contributed by atoms with Gasteiger partial charge in [0, 0.05) is 24.2 Å². The van der Waals surface area contributed by atoms with Gasteiger partial charge in [-0.05, 0) is 25.2 Å². The molecule has 94 valence electrons. The van der Waals surface area contributed by atoms with Crippen LogP contribution < -0.4 is 16.4 Å². The monoisotopic (exact) mass is 257 g/mol. The van der Waals surface area contributed by atoms with Crippen molar-refractivity contribution in [2.45, 2.75) is 6.42 Å². The lowest BCUT2D eigenvalue weighted by Gasteiger charge is -2.05.